The van der Waals surface area contributed by atoms with Crippen LogP contribution in [-0.4, -0.2) is 4.98 Å². The van der Waals surface area contributed by atoms with E-state index in [0.717, 1.165) is 5.56 Å². The van der Waals surface area contributed by atoms with Gasteiger partial charge in [0.1, 0.15) is 5.82 Å². The van der Waals surface area contributed by atoms with Gasteiger partial charge in [-0.1, -0.05) is 24.3 Å². The Hall–Kier alpha value is -1.70. The van der Waals surface area contributed by atoms with Gasteiger partial charge in [-0.25, -0.2) is 4.39 Å². The Morgan fingerprint density at radius 2 is 1.93 bits per heavy atom. The molecule has 0 fully saturated rings. The van der Waals surface area contributed by atoms with E-state index in [1.54, 1.807) is 24.5 Å². The highest BCUT2D eigenvalue weighted by Crippen LogP contribution is 2.11. The lowest BCUT2D eigenvalue weighted by Gasteiger charge is -2.01. The van der Waals surface area contributed by atoms with Crippen LogP contribution in [0.3, 0.4) is 0 Å². The molecule has 0 unspecified atom stereocenters. The molecule has 0 N–H and O–H groups in total. The zero-order valence-corrected chi connectivity index (χ0v) is 7.65. The maximum absolute atomic E-state index is 13.3. The molecular formula is C12H10FN. The molecule has 70 valence electrons. The molecule has 2 aromatic rings. The third-order valence-corrected chi connectivity index (χ3v) is 2.08. The lowest BCUT2D eigenvalue weighted by molar-refractivity contribution is 0.614. The summed E-state index contributed by atoms with van der Waals surface area (Å²) in [6.45, 7) is 0. The first kappa shape index (κ1) is 8.88. The summed E-state index contributed by atoms with van der Waals surface area (Å²) >= 11 is 0. The average Bonchev–Trinajstić information content (AvgIpc) is 2.23. The molecule has 0 aliphatic heterocycles. The number of rotatable bonds is 2. The largest absolute Gasteiger partial charge is 0.264 e. The number of benzene rings is 1. The maximum atomic E-state index is 13.3. The zero-order chi connectivity index (χ0) is 9.80. The Labute approximate surface area is 82.2 Å². The number of aromatic nitrogens is 1. The van der Waals surface area contributed by atoms with Gasteiger partial charge in [-0.05, 0) is 23.3 Å². The van der Waals surface area contributed by atoms with Gasteiger partial charge < -0.3 is 0 Å². The first-order valence-electron chi connectivity index (χ1n) is 4.48. The molecule has 1 aromatic heterocycles. The van der Waals surface area contributed by atoms with Crippen LogP contribution in [0, 0.1) is 5.82 Å². The Kier molecular flexibility index (Phi) is 2.54. The van der Waals surface area contributed by atoms with Gasteiger partial charge in [0.05, 0.1) is 0 Å². The first-order chi connectivity index (χ1) is 6.86. The molecule has 0 spiro atoms. The Morgan fingerprint density at radius 3 is 2.64 bits per heavy atom. The molecule has 0 aliphatic carbocycles. The van der Waals surface area contributed by atoms with Gasteiger partial charge in [0.2, 0.25) is 0 Å². The normalized spacial score (nSPS) is 10.1. The second-order valence-corrected chi connectivity index (χ2v) is 3.13. The van der Waals surface area contributed by atoms with Crippen LogP contribution in [0.5, 0.6) is 0 Å². The van der Waals surface area contributed by atoms with Crippen molar-refractivity contribution >= 4 is 0 Å². The van der Waals surface area contributed by atoms with Crippen molar-refractivity contribution < 1.29 is 4.39 Å². The fraction of sp³-hybridized carbons (Fsp3) is 0.0833. The minimum absolute atomic E-state index is 0.156. The molecule has 1 aromatic carbocycles. The number of halogens is 1. The Bertz CT molecular complexity index is 412. The van der Waals surface area contributed by atoms with Gasteiger partial charge in [-0.2, -0.15) is 0 Å². The average molecular weight is 187 g/mol. The Balaban J connectivity index is 2.24. The monoisotopic (exact) mass is 187 g/mol. The lowest BCUT2D eigenvalue weighted by atomic mass is 10.1. The number of hydrogen-bond donors (Lipinski definition) is 0. The zero-order valence-electron chi connectivity index (χ0n) is 7.65. The summed E-state index contributed by atoms with van der Waals surface area (Å²) in [6.07, 6.45) is 4.07. The summed E-state index contributed by atoms with van der Waals surface area (Å²) in [5, 5.41) is 0. The highest BCUT2D eigenvalue weighted by atomic mass is 19.1. The summed E-state index contributed by atoms with van der Waals surface area (Å²) in [5.41, 5.74) is 1.73. The van der Waals surface area contributed by atoms with Gasteiger partial charge in [0.25, 0.3) is 0 Å². The highest BCUT2D eigenvalue weighted by Gasteiger charge is 2.01. The van der Waals surface area contributed by atoms with Crippen LogP contribution in [0.1, 0.15) is 11.1 Å². The molecule has 0 bridgehead atoms. The van der Waals surface area contributed by atoms with E-state index in [9.17, 15) is 4.39 Å². The standard InChI is InChI=1S/C12H10FN/c13-12-6-2-1-5-11(12)8-10-4-3-7-14-9-10/h1-7,9H,8H2. The summed E-state index contributed by atoms with van der Waals surface area (Å²) in [7, 11) is 0. The van der Waals surface area contributed by atoms with E-state index in [4.69, 9.17) is 0 Å². The predicted molar refractivity (Wildman–Crippen MR) is 53.4 cm³/mol. The van der Waals surface area contributed by atoms with Crippen molar-refractivity contribution in [1.29, 1.82) is 0 Å². The van der Waals surface area contributed by atoms with E-state index in [-0.39, 0.29) is 5.82 Å². The second kappa shape index (κ2) is 4.01. The first-order valence-corrected chi connectivity index (χ1v) is 4.48. The molecule has 1 heterocycles. The molecule has 0 radical (unpaired) electrons. The van der Waals surface area contributed by atoms with Crippen molar-refractivity contribution in [3.63, 3.8) is 0 Å². The van der Waals surface area contributed by atoms with Crippen molar-refractivity contribution in [3.05, 3.63) is 65.7 Å². The van der Waals surface area contributed by atoms with E-state index >= 15 is 0 Å². The van der Waals surface area contributed by atoms with Gasteiger partial charge in [0, 0.05) is 18.8 Å². The van der Waals surface area contributed by atoms with Crippen molar-refractivity contribution in [3.8, 4) is 0 Å². The van der Waals surface area contributed by atoms with Gasteiger partial charge in [0.15, 0.2) is 0 Å². The molecule has 0 saturated carbocycles. The summed E-state index contributed by atoms with van der Waals surface area (Å²) in [5.74, 6) is -0.156. The van der Waals surface area contributed by atoms with Gasteiger partial charge >= 0.3 is 0 Å². The number of pyridine rings is 1. The topological polar surface area (TPSA) is 12.9 Å². The minimum atomic E-state index is -0.156. The van der Waals surface area contributed by atoms with E-state index in [1.807, 2.05) is 18.2 Å². The number of nitrogens with zero attached hydrogens (tertiary/aromatic N) is 1. The molecule has 0 saturated heterocycles. The van der Waals surface area contributed by atoms with Crippen LogP contribution in [0.25, 0.3) is 0 Å². The van der Waals surface area contributed by atoms with Crippen LogP contribution in [0.15, 0.2) is 48.8 Å². The van der Waals surface area contributed by atoms with E-state index in [0.29, 0.717) is 12.0 Å². The van der Waals surface area contributed by atoms with Crippen molar-refractivity contribution in [2.75, 3.05) is 0 Å². The maximum Gasteiger partial charge on any atom is 0.126 e. The molecule has 2 rings (SSSR count). The van der Waals surface area contributed by atoms with Crippen LogP contribution in [0.2, 0.25) is 0 Å². The summed E-state index contributed by atoms with van der Waals surface area (Å²) < 4.78 is 13.3. The number of hydrogen-bond acceptors (Lipinski definition) is 1. The van der Waals surface area contributed by atoms with Crippen molar-refractivity contribution in [2.45, 2.75) is 6.42 Å². The van der Waals surface area contributed by atoms with E-state index < -0.39 is 0 Å². The van der Waals surface area contributed by atoms with Crippen LogP contribution in [0.4, 0.5) is 4.39 Å². The third-order valence-electron chi connectivity index (χ3n) is 2.08. The molecule has 2 heteroatoms. The van der Waals surface area contributed by atoms with E-state index in [1.165, 1.54) is 6.07 Å². The highest BCUT2D eigenvalue weighted by molar-refractivity contribution is 5.24. The predicted octanol–water partition coefficient (Wildman–Crippen LogP) is 2.81. The molecule has 0 aliphatic rings. The molecule has 0 atom stereocenters. The van der Waals surface area contributed by atoms with Gasteiger partial charge in [-0.15, -0.1) is 0 Å². The van der Waals surface area contributed by atoms with Crippen molar-refractivity contribution in [1.82, 2.24) is 4.98 Å². The molecular weight excluding hydrogens is 177 g/mol. The SMILES string of the molecule is Fc1ccccc1Cc1cccnc1. The quantitative estimate of drug-likeness (QED) is 0.704. The third kappa shape index (κ3) is 1.96. The fourth-order valence-electron chi connectivity index (χ4n) is 1.36. The minimum Gasteiger partial charge on any atom is -0.264 e. The molecule has 14 heavy (non-hydrogen) atoms. The molecule has 1 nitrogen and oxygen atoms in total. The van der Waals surface area contributed by atoms with E-state index in [2.05, 4.69) is 4.98 Å². The van der Waals surface area contributed by atoms with Crippen LogP contribution in [-0.2, 0) is 6.42 Å². The van der Waals surface area contributed by atoms with Crippen molar-refractivity contribution in [2.24, 2.45) is 0 Å². The van der Waals surface area contributed by atoms with Crippen LogP contribution >= 0.6 is 0 Å². The van der Waals surface area contributed by atoms with Gasteiger partial charge in [-0.3, -0.25) is 4.98 Å². The smallest absolute Gasteiger partial charge is 0.126 e. The second-order valence-electron chi connectivity index (χ2n) is 3.13. The lowest BCUT2D eigenvalue weighted by Crippen LogP contribution is -1.92. The van der Waals surface area contributed by atoms with Crippen LogP contribution < -0.4 is 0 Å². The fourth-order valence-corrected chi connectivity index (χ4v) is 1.36. The summed E-state index contributed by atoms with van der Waals surface area (Å²) in [4.78, 5) is 3.99. The summed E-state index contributed by atoms with van der Waals surface area (Å²) in [6, 6.07) is 10.6. The Morgan fingerprint density at radius 1 is 1.07 bits per heavy atom. The molecule has 0 amide bonds.